The first-order valence-corrected chi connectivity index (χ1v) is 8.29. The molecule has 1 aromatic rings. The van der Waals surface area contributed by atoms with Gasteiger partial charge in [-0.1, -0.05) is 12.1 Å². The number of ether oxygens (including phenoxy) is 1. The second-order valence-corrected chi connectivity index (χ2v) is 5.99. The standard InChI is InChI=1S/C17H22F3N3O3/c1-13(24)23(7-6-22-8-10-26-11-9-22)12-16(25)21-15-5-3-2-4-14(15)17(18,19)20/h2-5H,6-12H2,1H3,(H,21,25). The molecule has 1 aliphatic heterocycles. The van der Waals surface area contributed by atoms with Crippen LogP contribution in [0.15, 0.2) is 24.3 Å². The highest BCUT2D eigenvalue weighted by atomic mass is 19.4. The highest BCUT2D eigenvalue weighted by molar-refractivity contribution is 5.95. The molecule has 1 N–H and O–H groups in total. The Kier molecular flexibility index (Phi) is 6.98. The van der Waals surface area contributed by atoms with E-state index in [9.17, 15) is 22.8 Å². The Morgan fingerprint density at radius 1 is 1.23 bits per heavy atom. The SMILES string of the molecule is CC(=O)N(CCN1CCOCC1)CC(=O)Nc1ccccc1C(F)(F)F. The van der Waals surface area contributed by atoms with Gasteiger partial charge in [0.2, 0.25) is 11.8 Å². The Balaban J connectivity index is 1.94. The fraction of sp³-hybridized carbons (Fsp3) is 0.529. The van der Waals surface area contributed by atoms with E-state index in [0.29, 0.717) is 26.3 Å². The lowest BCUT2D eigenvalue weighted by atomic mass is 10.1. The van der Waals surface area contributed by atoms with Crippen molar-refractivity contribution in [3.8, 4) is 0 Å². The van der Waals surface area contributed by atoms with Crippen LogP contribution in [0.25, 0.3) is 0 Å². The Morgan fingerprint density at radius 3 is 2.50 bits per heavy atom. The van der Waals surface area contributed by atoms with Crippen LogP contribution in [0.2, 0.25) is 0 Å². The topological polar surface area (TPSA) is 61.9 Å². The number of para-hydroxylation sites is 1. The second-order valence-electron chi connectivity index (χ2n) is 5.99. The number of nitrogens with one attached hydrogen (secondary N) is 1. The zero-order valence-corrected chi connectivity index (χ0v) is 14.5. The minimum Gasteiger partial charge on any atom is -0.379 e. The lowest BCUT2D eigenvalue weighted by molar-refractivity contribution is -0.137. The van der Waals surface area contributed by atoms with Crippen molar-refractivity contribution in [1.82, 2.24) is 9.80 Å². The molecule has 1 aromatic carbocycles. The molecule has 1 fully saturated rings. The van der Waals surface area contributed by atoms with E-state index in [1.807, 2.05) is 0 Å². The zero-order valence-electron chi connectivity index (χ0n) is 14.5. The molecule has 0 aliphatic carbocycles. The quantitative estimate of drug-likeness (QED) is 0.827. The first-order valence-electron chi connectivity index (χ1n) is 8.29. The van der Waals surface area contributed by atoms with Crippen LogP contribution < -0.4 is 5.32 Å². The highest BCUT2D eigenvalue weighted by Crippen LogP contribution is 2.34. The van der Waals surface area contributed by atoms with E-state index in [1.54, 1.807) is 0 Å². The van der Waals surface area contributed by atoms with Crippen molar-refractivity contribution in [2.24, 2.45) is 0 Å². The third-order valence-corrected chi connectivity index (χ3v) is 4.08. The maximum absolute atomic E-state index is 13.0. The van der Waals surface area contributed by atoms with Crippen molar-refractivity contribution in [3.63, 3.8) is 0 Å². The summed E-state index contributed by atoms with van der Waals surface area (Å²) in [5, 5.41) is 2.25. The number of hydrogen-bond acceptors (Lipinski definition) is 4. The maximum Gasteiger partial charge on any atom is 0.418 e. The molecule has 0 atom stereocenters. The normalized spacial score (nSPS) is 15.5. The molecule has 0 saturated carbocycles. The van der Waals surface area contributed by atoms with Gasteiger partial charge in [-0.3, -0.25) is 14.5 Å². The van der Waals surface area contributed by atoms with E-state index in [2.05, 4.69) is 10.2 Å². The van der Waals surface area contributed by atoms with Gasteiger partial charge in [0.05, 0.1) is 31.0 Å². The summed E-state index contributed by atoms with van der Waals surface area (Å²) in [4.78, 5) is 27.3. The molecular weight excluding hydrogens is 351 g/mol. The van der Waals surface area contributed by atoms with Crippen LogP contribution in [0.1, 0.15) is 12.5 Å². The molecule has 0 spiro atoms. The molecule has 0 aromatic heterocycles. The van der Waals surface area contributed by atoms with Crippen LogP contribution in [0.3, 0.4) is 0 Å². The van der Waals surface area contributed by atoms with Gasteiger partial charge in [-0.15, -0.1) is 0 Å². The molecule has 1 heterocycles. The zero-order chi connectivity index (χ0) is 19.2. The highest BCUT2D eigenvalue weighted by Gasteiger charge is 2.33. The lowest BCUT2D eigenvalue weighted by Gasteiger charge is -2.29. The van der Waals surface area contributed by atoms with Gasteiger partial charge in [-0.2, -0.15) is 13.2 Å². The summed E-state index contributed by atoms with van der Waals surface area (Å²) in [6.07, 6.45) is -4.57. The van der Waals surface area contributed by atoms with Crippen molar-refractivity contribution in [3.05, 3.63) is 29.8 Å². The van der Waals surface area contributed by atoms with Crippen LogP contribution in [-0.2, 0) is 20.5 Å². The van der Waals surface area contributed by atoms with E-state index in [4.69, 9.17) is 4.74 Å². The van der Waals surface area contributed by atoms with Crippen LogP contribution in [0.4, 0.5) is 18.9 Å². The predicted octanol–water partition coefficient (Wildman–Crippen LogP) is 1.82. The third kappa shape index (κ3) is 5.99. The van der Waals surface area contributed by atoms with E-state index < -0.39 is 17.6 Å². The van der Waals surface area contributed by atoms with Crippen molar-refractivity contribution in [2.45, 2.75) is 13.1 Å². The van der Waals surface area contributed by atoms with E-state index in [1.165, 1.54) is 30.0 Å². The molecule has 2 amide bonds. The number of carbonyl (C=O) groups excluding carboxylic acids is 2. The summed E-state index contributed by atoms with van der Waals surface area (Å²) >= 11 is 0. The second kappa shape index (κ2) is 9.00. The first kappa shape index (κ1) is 20.2. The fourth-order valence-electron chi connectivity index (χ4n) is 2.64. The molecular formula is C17H22F3N3O3. The molecule has 2 rings (SSSR count). The summed E-state index contributed by atoms with van der Waals surface area (Å²) in [7, 11) is 0. The Hall–Kier alpha value is -2.13. The number of carbonyl (C=O) groups is 2. The molecule has 6 nitrogen and oxygen atoms in total. The number of benzene rings is 1. The van der Waals surface area contributed by atoms with Gasteiger partial charge in [0, 0.05) is 33.1 Å². The molecule has 0 radical (unpaired) electrons. The van der Waals surface area contributed by atoms with Gasteiger partial charge in [-0.05, 0) is 12.1 Å². The smallest absolute Gasteiger partial charge is 0.379 e. The van der Waals surface area contributed by atoms with Crippen LogP contribution in [-0.4, -0.2) is 67.6 Å². The molecule has 0 bridgehead atoms. The summed E-state index contributed by atoms with van der Waals surface area (Å²) < 4.78 is 44.2. The Morgan fingerprint density at radius 2 is 1.88 bits per heavy atom. The Bertz CT molecular complexity index is 631. The average Bonchev–Trinajstić information content (AvgIpc) is 2.58. The van der Waals surface area contributed by atoms with E-state index in [-0.39, 0.29) is 18.1 Å². The van der Waals surface area contributed by atoms with E-state index in [0.717, 1.165) is 19.2 Å². The maximum atomic E-state index is 13.0. The number of rotatable bonds is 6. The first-order chi connectivity index (χ1) is 12.3. The largest absolute Gasteiger partial charge is 0.418 e. The monoisotopic (exact) mass is 373 g/mol. The number of halogens is 3. The summed E-state index contributed by atoms with van der Waals surface area (Å²) in [6.45, 7) is 4.67. The van der Waals surface area contributed by atoms with Crippen molar-refractivity contribution in [1.29, 1.82) is 0 Å². The summed E-state index contributed by atoms with van der Waals surface area (Å²) in [6, 6.07) is 4.75. The van der Waals surface area contributed by atoms with Gasteiger partial charge in [-0.25, -0.2) is 0 Å². The number of anilines is 1. The van der Waals surface area contributed by atoms with Gasteiger partial charge in [0.15, 0.2) is 0 Å². The fourth-order valence-corrected chi connectivity index (χ4v) is 2.64. The molecule has 9 heteroatoms. The molecule has 26 heavy (non-hydrogen) atoms. The summed E-state index contributed by atoms with van der Waals surface area (Å²) in [5.41, 5.74) is -1.24. The van der Waals surface area contributed by atoms with Crippen LogP contribution in [0, 0.1) is 0 Å². The van der Waals surface area contributed by atoms with Gasteiger partial charge in [0.25, 0.3) is 0 Å². The van der Waals surface area contributed by atoms with Gasteiger partial charge >= 0.3 is 6.18 Å². The van der Waals surface area contributed by atoms with Crippen molar-refractivity contribution in [2.75, 3.05) is 51.3 Å². The van der Waals surface area contributed by atoms with Crippen molar-refractivity contribution >= 4 is 17.5 Å². The molecule has 0 unspecified atom stereocenters. The van der Waals surface area contributed by atoms with E-state index >= 15 is 0 Å². The summed E-state index contributed by atoms with van der Waals surface area (Å²) in [5.74, 6) is -0.976. The minimum absolute atomic E-state index is 0.300. The van der Waals surface area contributed by atoms with Gasteiger partial charge in [0.1, 0.15) is 0 Å². The van der Waals surface area contributed by atoms with Crippen molar-refractivity contribution < 1.29 is 27.5 Å². The average molecular weight is 373 g/mol. The Labute approximate surface area is 149 Å². The van der Waals surface area contributed by atoms with Gasteiger partial charge < -0.3 is 15.0 Å². The van der Waals surface area contributed by atoms with Crippen LogP contribution >= 0.6 is 0 Å². The number of morpholine rings is 1. The molecule has 144 valence electrons. The minimum atomic E-state index is -4.57. The predicted molar refractivity (Wildman–Crippen MR) is 89.6 cm³/mol. The lowest BCUT2D eigenvalue weighted by Crippen LogP contribution is -2.44. The van der Waals surface area contributed by atoms with Crippen LogP contribution in [0.5, 0.6) is 0 Å². The number of hydrogen-bond donors (Lipinski definition) is 1. The number of amides is 2. The molecule has 1 aliphatic rings. The number of alkyl halides is 3. The number of nitrogens with zero attached hydrogens (tertiary/aromatic N) is 2. The molecule has 1 saturated heterocycles. The third-order valence-electron chi connectivity index (χ3n) is 4.08.